The molecule has 0 aliphatic heterocycles. The summed E-state index contributed by atoms with van der Waals surface area (Å²) in [5.74, 6) is -0.781. The monoisotopic (exact) mass is 286 g/mol. The zero-order chi connectivity index (χ0) is 15.6. The van der Waals surface area contributed by atoms with Crippen LogP contribution in [0.1, 0.15) is 86.0 Å². The third-order valence-corrected chi connectivity index (χ3v) is 3.69. The number of carboxylic acids is 1. The van der Waals surface area contributed by atoms with Gasteiger partial charge < -0.3 is 9.84 Å². The average molecular weight is 286 g/mol. The summed E-state index contributed by atoms with van der Waals surface area (Å²) in [5.41, 5.74) is -0.131. The summed E-state index contributed by atoms with van der Waals surface area (Å²) in [6, 6.07) is 0. The van der Waals surface area contributed by atoms with Crippen molar-refractivity contribution < 1.29 is 14.6 Å². The Balaban J connectivity index is 3.95. The smallest absolute Gasteiger partial charge is 0.306 e. The van der Waals surface area contributed by atoms with Gasteiger partial charge in [0.1, 0.15) is 0 Å². The van der Waals surface area contributed by atoms with Crippen LogP contribution in [0.2, 0.25) is 0 Å². The van der Waals surface area contributed by atoms with Crippen molar-refractivity contribution in [2.24, 2.45) is 5.41 Å². The number of unbranched alkanes of at least 4 members (excludes halogenated alkanes) is 5. The summed E-state index contributed by atoms with van der Waals surface area (Å²) in [6.07, 6.45) is 8.72. The summed E-state index contributed by atoms with van der Waals surface area (Å²) in [5, 5.41) is 8.98. The third-order valence-electron chi connectivity index (χ3n) is 3.69. The minimum Gasteiger partial charge on any atom is -0.481 e. The van der Waals surface area contributed by atoms with Crippen molar-refractivity contribution in [1.29, 1.82) is 0 Å². The Morgan fingerprint density at radius 3 is 2.15 bits per heavy atom. The number of rotatable bonds is 11. The molecule has 2 unspecified atom stereocenters. The van der Waals surface area contributed by atoms with E-state index in [1.807, 2.05) is 20.8 Å². The first-order valence-electron chi connectivity index (χ1n) is 8.14. The molecule has 0 amide bonds. The van der Waals surface area contributed by atoms with Crippen molar-refractivity contribution in [3.05, 3.63) is 0 Å². The first-order valence-corrected chi connectivity index (χ1v) is 8.14. The minimum absolute atomic E-state index is 0.0876. The van der Waals surface area contributed by atoms with Gasteiger partial charge in [0.2, 0.25) is 0 Å². The number of hydrogen-bond donors (Lipinski definition) is 1. The molecule has 0 saturated heterocycles. The number of ether oxygens (including phenoxy) is 1. The quantitative estimate of drug-likeness (QED) is 0.542. The molecule has 0 fully saturated rings. The Bertz CT molecular complexity index is 255. The topological polar surface area (TPSA) is 46.5 Å². The Morgan fingerprint density at radius 2 is 1.65 bits per heavy atom. The maximum Gasteiger partial charge on any atom is 0.306 e. The molecule has 0 heterocycles. The second-order valence-corrected chi connectivity index (χ2v) is 6.96. The Hall–Kier alpha value is -0.570. The highest BCUT2D eigenvalue weighted by atomic mass is 16.5. The summed E-state index contributed by atoms with van der Waals surface area (Å²) >= 11 is 0. The van der Waals surface area contributed by atoms with E-state index in [9.17, 15) is 4.79 Å². The fourth-order valence-corrected chi connectivity index (χ4v) is 2.28. The highest BCUT2D eigenvalue weighted by Gasteiger charge is 2.29. The van der Waals surface area contributed by atoms with E-state index >= 15 is 0 Å². The van der Waals surface area contributed by atoms with Gasteiger partial charge in [-0.1, -0.05) is 66.2 Å². The van der Waals surface area contributed by atoms with Crippen LogP contribution < -0.4 is 0 Å². The van der Waals surface area contributed by atoms with Gasteiger partial charge in [0, 0.05) is 0 Å². The van der Waals surface area contributed by atoms with E-state index in [4.69, 9.17) is 9.84 Å². The lowest BCUT2D eigenvalue weighted by Gasteiger charge is -2.32. The molecule has 120 valence electrons. The van der Waals surface area contributed by atoms with E-state index in [-0.39, 0.29) is 24.0 Å². The van der Waals surface area contributed by atoms with Gasteiger partial charge in [-0.3, -0.25) is 4.79 Å². The maximum absolute atomic E-state index is 10.9. The van der Waals surface area contributed by atoms with E-state index < -0.39 is 5.97 Å². The van der Waals surface area contributed by atoms with Crippen molar-refractivity contribution in [2.75, 3.05) is 0 Å². The highest BCUT2D eigenvalue weighted by molar-refractivity contribution is 5.67. The van der Waals surface area contributed by atoms with Gasteiger partial charge in [0.25, 0.3) is 0 Å². The molecule has 0 saturated carbocycles. The number of carbonyl (C=O) groups is 1. The fourth-order valence-electron chi connectivity index (χ4n) is 2.28. The molecule has 0 aliphatic carbocycles. The average Bonchev–Trinajstić information content (AvgIpc) is 2.31. The molecular formula is C17H34O3. The Kier molecular flexibility index (Phi) is 9.91. The molecule has 0 aliphatic rings. The molecule has 20 heavy (non-hydrogen) atoms. The van der Waals surface area contributed by atoms with Crippen molar-refractivity contribution in [3.8, 4) is 0 Å². The lowest BCUT2D eigenvalue weighted by molar-refractivity contribution is -0.145. The molecule has 0 bridgehead atoms. The van der Waals surface area contributed by atoms with Gasteiger partial charge in [0.15, 0.2) is 0 Å². The fraction of sp³-hybridized carbons (Fsp3) is 0.941. The first kappa shape index (κ1) is 19.4. The second-order valence-electron chi connectivity index (χ2n) is 6.96. The molecule has 0 aromatic rings. The molecule has 0 aromatic heterocycles. The zero-order valence-corrected chi connectivity index (χ0v) is 14.1. The maximum atomic E-state index is 10.9. The van der Waals surface area contributed by atoms with Crippen LogP contribution in [0.15, 0.2) is 0 Å². The summed E-state index contributed by atoms with van der Waals surface area (Å²) in [7, 11) is 0. The van der Waals surface area contributed by atoms with Crippen molar-refractivity contribution in [2.45, 2.75) is 98.2 Å². The summed E-state index contributed by atoms with van der Waals surface area (Å²) < 4.78 is 5.97. The van der Waals surface area contributed by atoms with E-state index in [2.05, 4.69) is 13.8 Å². The minimum atomic E-state index is -0.781. The number of hydrogen-bond acceptors (Lipinski definition) is 2. The van der Waals surface area contributed by atoms with E-state index in [0.717, 1.165) is 6.42 Å². The number of carboxylic acid groups (broad SMARTS) is 1. The molecule has 3 heteroatoms. The predicted octanol–water partition coefficient (Wildman–Crippen LogP) is 5.03. The van der Waals surface area contributed by atoms with Gasteiger partial charge in [-0.15, -0.1) is 0 Å². The standard InChI is InChI=1S/C17H34O3/c1-6-7-8-9-10-11-12-14(2)20-15(13-16(18)19)17(3,4)5/h14-15H,6-13H2,1-5H3,(H,18,19). The highest BCUT2D eigenvalue weighted by Crippen LogP contribution is 2.27. The van der Waals surface area contributed by atoms with Crippen LogP contribution in [0, 0.1) is 5.41 Å². The van der Waals surface area contributed by atoms with Crippen LogP contribution in [0.4, 0.5) is 0 Å². The lowest BCUT2D eigenvalue weighted by atomic mass is 9.87. The van der Waals surface area contributed by atoms with Gasteiger partial charge in [0.05, 0.1) is 18.6 Å². The summed E-state index contributed by atoms with van der Waals surface area (Å²) in [4.78, 5) is 10.9. The SMILES string of the molecule is CCCCCCCCC(C)OC(CC(=O)O)C(C)(C)C. The third kappa shape index (κ3) is 10.2. The Morgan fingerprint density at radius 1 is 1.10 bits per heavy atom. The largest absolute Gasteiger partial charge is 0.481 e. The lowest BCUT2D eigenvalue weighted by Crippen LogP contribution is -2.34. The van der Waals surface area contributed by atoms with E-state index in [1.165, 1.54) is 38.5 Å². The first-order chi connectivity index (χ1) is 9.27. The predicted molar refractivity (Wildman–Crippen MR) is 84.0 cm³/mol. The van der Waals surface area contributed by atoms with Gasteiger partial charge in [-0.2, -0.15) is 0 Å². The molecule has 0 spiro atoms. The van der Waals surface area contributed by atoms with Crippen molar-refractivity contribution >= 4 is 5.97 Å². The van der Waals surface area contributed by atoms with Gasteiger partial charge in [-0.25, -0.2) is 0 Å². The molecule has 0 aromatic carbocycles. The van der Waals surface area contributed by atoms with Gasteiger partial charge in [-0.05, 0) is 18.8 Å². The number of aliphatic carboxylic acids is 1. The molecular weight excluding hydrogens is 252 g/mol. The molecule has 1 N–H and O–H groups in total. The van der Waals surface area contributed by atoms with Crippen LogP contribution in [0.25, 0.3) is 0 Å². The van der Waals surface area contributed by atoms with Crippen LogP contribution in [0.5, 0.6) is 0 Å². The van der Waals surface area contributed by atoms with Crippen molar-refractivity contribution in [3.63, 3.8) is 0 Å². The zero-order valence-electron chi connectivity index (χ0n) is 14.1. The van der Waals surface area contributed by atoms with E-state index in [1.54, 1.807) is 0 Å². The van der Waals surface area contributed by atoms with Crippen LogP contribution >= 0.6 is 0 Å². The van der Waals surface area contributed by atoms with Gasteiger partial charge >= 0.3 is 5.97 Å². The molecule has 0 rings (SSSR count). The normalized spacial score (nSPS) is 15.1. The molecule has 0 radical (unpaired) electrons. The summed E-state index contributed by atoms with van der Waals surface area (Å²) in [6.45, 7) is 10.4. The van der Waals surface area contributed by atoms with E-state index in [0.29, 0.717) is 0 Å². The molecule has 3 nitrogen and oxygen atoms in total. The van der Waals surface area contributed by atoms with Crippen LogP contribution in [0.3, 0.4) is 0 Å². The van der Waals surface area contributed by atoms with Crippen LogP contribution in [-0.2, 0) is 9.53 Å². The second kappa shape index (κ2) is 10.2. The van der Waals surface area contributed by atoms with Crippen LogP contribution in [-0.4, -0.2) is 23.3 Å². The Labute approximate surface area is 125 Å². The van der Waals surface area contributed by atoms with Crippen molar-refractivity contribution in [1.82, 2.24) is 0 Å². The molecule has 2 atom stereocenters.